The van der Waals surface area contributed by atoms with E-state index in [0.29, 0.717) is 37.7 Å². The first kappa shape index (κ1) is 22.6. The van der Waals surface area contributed by atoms with Gasteiger partial charge in [0.25, 0.3) is 5.91 Å². The van der Waals surface area contributed by atoms with Crippen LogP contribution < -0.4 is 25.8 Å². The van der Waals surface area contributed by atoms with Crippen LogP contribution in [0.3, 0.4) is 0 Å². The molecule has 164 valence electrons. The Balaban J connectivity index is 1.51. The summed E-state index contributed by atoms with van der Waals surface area (Å²) >= 11 is 3.59. The summed E-state index contributed by atoms with van der Waals surface area (Å²) in [6, 6.07) is 12.0. The first-order chi connectivity index (χ1) is 15.0. The summed E-state index contributed by atoms with van der Waals surface area (Å²) in [4.78, 5) is 11.9. The summed E-state index contributed by atoms with van der Waals surface area (Å²) in [5.74, 6) is 0.838. The van der Waals surface area contributed by atoms with Crippen LogP contribution in [-0.2, 0) is 13.2 Å². The van der Waals surface area contributed by atoms with E-state index in [1.165, 1.54) is 5.56 Å². The van der Waals surface area contributed by atoms with Gasteiger partial charge in [-0.25, -0.2) is 4.63 Å². The van der Waals surface area contributed by atoms with Crippen LogP contribution in [0.15, 0.2) is 45.5 Å². The Hall–Kier alpha value is -3.11. The highest BCUT2D eigenvalue weighted by atomic mass is 79.9. The summed E-state index contributed by atoms with van der Waals surface area (Å²) in [6.07, 6.45) is 0. The van der Waals surface area contributed by atoms with Crippen LogP contribution in [0.1, 0.15) is 27.2 Å². The van der Waals surface area contributed by atoms with E-state index in [2.05, 4.69) is 60.6 Å². The molecule has 1 amide bonds. The molecule has 31 heavy (non-hydrogen) atoms. The minimum absolute atomic E-state index is 0.0197. The number of amides is 1. The highest BCUT2D eigenvalue weighted by molar-refractivity contribution is 9.10. The van der Waals surface area contributed by atoms with Gasteiger partial charge in [0.2, 0.25) is 11.5 Å². The number of nitrogens with two attached hydrogens (primary N) is 1. The smallest absolute Gasteiger partial charge is 0.277 e. The van der Waals surface area contributed by atoms with E-state index in [0.717, 1.165) is 15.6 Å². The van der Waals surface area contributed by atoms with Crippen molar-refractivity contribution in [3.8, 4) is 11.5 Å². The summed E-state index contributed by atoms with van der Waals surface area (Å²) < 4.78 is 16.8. The summed E-state index contributed by atoms with van der Waals surface area (Å²) in [6.45, 7) is 4.00. The average Bonchev–Trinajstić information content (AvgIpc) is 3.19. The van der Waals surface area contributed by atoms with Gasteiger partial charge in [0.1, 0.15) is 6.61 Å². The third kappa shape index (κ3) is 6.19. The van der Waals surface area contributed by atoms with Crippen LogP contribution in [-0.4, -0.2) is 36.4 Å². The predicted octanol–water partition coefficient (Wildman–Crippen LogP) is 2.83. The fourth-order valence-electron chi connectivity index (χ4n) is 2.87. The Kier molecular flexibility index (Phi) is 7.85. The molecule has 3 rings (SSSR count). The Labute approximate surface area is 188 Å². The molecule has 0 bridgehead atoms. The van der Waals surface area contributed by atoms with E-state index in [1.807, 2.05) is 24.3 Å². The van der Waals surface area contributed by atoms with Crippen molar-refractivity contribution in [2.24, 2.45) is 0 Å². The molecular weight excluding hydrogens is 466 g/mol. The number of halogens is 1. The number of nitrogens with zero attached hydrogens (tertiary/aromatic N) is 2. The zero-order chi connectivity index (χ0) is 22.2. The molecular formula is C21H24BrN5O4. The number of aromatic nitrogens is 2. The molecule has 0 saturated carbocycles. The fourth-order valence-corrected chi connectivity index (χ4v) is 3.33. The maximum absolute atomic E-state index is 11.9. The van der Waals surface area contributed by atoms with Gasteiger partial charge in [0.05, 0.1) is 7.11 Å². The lowest BCUT2D eigenvalue weighted by Crippen LogP contribution is -2.32. The molecule has 0 spiro atoms. The molecule has 0 unspecified atom stereocenters. The van der Waals surface area contributed by atoms with Gasteiger partial charge in [-0.3, -0.25) is 4.79 Å². The van der Waals surface area contributed by atoms with Crippen molar-refractivity contribution in [3.05, 3.63) is 63.3 Å². The number of ether oxygens (including phenoxy) is 2. The van der Waals surface area contributed by atoms with Gasteiger partial charge in [-0.2, -0.15) is 0 Å². The number of rotatable bonds is 10. The second-order valence-electron chi connectivity index (χ2n) is 6.80. The second kappa shape index (κ2) is 10.8. The van der Waals surface area contributed by atoms with Crippen molar-refractivity contribution < 1.29 is 18.9 Å². The van der Waals surface area contributed by atoms with E-state index in [1.54, 1.807) is 7.11 Å². The van der Waals surface area contributed by atoms with E-state index < -0.39 is 5.91 Å². The molecule has 0 saturated heterocycles. The SMILES string of the molecule is COc1cc(CNCCNC(=O)c2nonc2N)c(Br)cc1OCc1cccc(C)c1. The number of hydrogen-bond acceptors (Lipinski definition) is 8. The average molecular weight is 490 g/mol. The number of anilines is 1. The number of nitrogens with one attached hydrogen (secondary N) is 2. The lowest BCUT2D eigenvalue weighted by Gasteiger charge is -2.15. The van der Waals surface area contributed by atoms with Crippen LogP contribution in [0.5, 0.6) is 11.5 Å². The Morgan fingerprint density at radius 2 is 2.03 bits per heavy atom. The normalized spacial score (nSPS) is 10.7. The van der Waals surface area contributed by atoms with Crippen molar-refractivity contribution in [1.82, 2.24) is 20.9 Å². The van der Waals surface area contributed by atoms with Crippen molar-refractivity contribution in [2.45, 2.75) is 20.1 Å². The van der Waals surface area contributed by atoms with Gasteiger partial charge in [-0.05, 0) is 40.5 Å². The van der Waals surface area contributed by atoms with Gasteiger partial charge in [-0.15, -0.1) is 0 Å². The molecule has 0 radical (unpaired) electrons. The Morgan fingerprint density at radius 1 is 1.19 bits per heavy atom. The quantitative estimate of drug-likeness (QED) is 0.371. The number of nitrogen functional groups attached to an aromatic ring is 1. The first-order valence-electron chi connectivity index (χ1n) is 9.59. The van der Waals surface area contributed by atoms with Crippen molar-refractivity contribution in [2.75, 3.05) is 25.9 Å². The molecule has 1 aromatic heterocycles. The molecule has 10 heteroatoms. The fraction of sp³-hybridized carbons (Fsp3) is 0.286. The first-order valence-corrected chi connectivity index (χ1v) is 10.4. The molecule has 1 heterocycles. The van der Waals surface area contributed by atoms with Crippen molar-refractivity contribution in [3.63, 3.8) is 0 Å². The summed E-state index contributed by atoms with van der Waals surface area (Å²) in [5, 5.41) is 12.8. The molecule has 0 aliphatic heterocycles. The molecule has 4 N–H and O–H groups in total. The van der Waals surface area contributed by atoms with Crippen LogP contribution >= 0.6 is 15.9 Å². The van der Waals surface area contributed by atoms with E-state index in [9.17, 15) is 4.79 Å². The number of aryl methyl sites for hydroxylation is 1. The topological polar surface area (TPSA) is 125 Å². The number of hydrogen-bond donors (Lipinski definition) is 3. The molecule has 2 aromatic carbocycles. The van der Waals surface area contributed by atoms with Crippen molar-refractivity contribution in [1.29, 1.82) is 0 Å². The number of methoxy groups -OCH3 is 1. The molecule has 0 aliphatic rings. The lowest BCUT2D eigenvalue weighted by molar-refractivity contribution is 0.0944. The number of benzene rings is 2. The molecule has 0 atom stereocenters. The van der Waals surface area contributed by atoms with Crippen LogP contribution in [0.25, 0.3) is 0 Å². The summed E-state index contributed by atoms with van der Waals surface area (Å²) in [7, 11) is 1.61. The highest BCUT2D eigenvalue weighted by Gasteiger charge is 2.15. The van der Waals surface area contributed by atoms with Crippen LogP contribution in [0, 0.1) is 6.92 Å². The second-order valence-corrected chi connectivity index (χ2v) is 7.66. The van der Waals surface area contributed by atoms with Gasteiger partial charge >= 0.3 is 0 Å². The third-order valence-corrected chi connectivity index (χ3v) is 5.18. The van der Waals surface area contributed by atoms with Gasteiger partial charge < -0.3 is 25.8 Å². The lowest BCUT2D eigenvalue weighted by atomic mass is 10.1. The van der Waals surface area contributed by atoms with E-state index in [4.69, 9.17) is 15.2 Å². The van der Waals surface area contributed by atoms with Gasteiger partial charge in [-0.1, -0.05) is 45.8 Å². The Morgan fingerprint density at radius 3 is 2.74 bits per heavy atom. The van der Waals surface area contributed by atoms with Gasteiger partial charge in [0.15, 0.2) is 11.5 Å². The summed E-state index contributed by atoms with van der Waals surface area (Å²) in [5.41, 5.74) is 8.75. The molecule has 3 aromatic rings. The molecule has 0 fully saturated rings. The predicted molar refractivity (Wildman–Crippen MR) is 119 cm³/mol. The highest BCUT2D eigenvalue weighted by Crippen LogP contribution is 2.34. The van der Waals surface area contributed by atoms with E-state index >= 15 is 0 Å². The zero-order valence-electron chi connectivity index (χ0n) is 17.3. The van der Waals surface area contributed by atoms with Crippen molar-refractivity contribution >= 4 is 27.7 Å². The third-order valence-electron chi connectivity index (χ3n) is 4.44. The molecule has 9 nitrogen and oxygen atoms in total. The van der Waals surface area contributed by atoms with Crippen LogP contribution in [0.4, 0.5) is 5.82 Å². The van der Waals surface area contributed by atoms with Gasteiger partial charge in [0, 0.05) is 24.1 Å². The minimum Gasteiger partial charge on any atom is -0.493 e. The minimum atomic E-state index is -0.432. The Bertz CT molecular complexity index is 1040. The maximum Gasteiger partial charge on any atom is 0.277 e. The molecule has 0 aliphatic carbocycles. The monoisotopic (exact) mass is 489 g/mol. The number of carbonyl (C=O) groups is 1. The zero-order valence-corrected chi connectivity index (χ0v) is 18.9. The van der Waals surface area contributed by atoms with E-state index in [-0.39, 0.29) is 11.5 Å². The van der Waals surface area contributed by atoms with Crippen LogP contribution in [0.2, 0.25) is 0 Å². The largest absolute Gasteiger partial charge is 0.493 e. The maximum atomic E-state index is 11.9. The standard InChI is InChI=1S/C21H24BrN5O4/c1-13-4-3-5-14(8-13)12-30-18-10-16(22)15(9-17(18)29-2)11-24-6-7-25-21(28)19-20(23)27-31-26-19/h3-5,8-10,24H,6-7,11-12H2,1-2H3,(H2,23,27)(H,25,28). The number of carbonyl (C=O) groups excluding carboxylic acids is 1.